The van der Waals surface area contributed by atoms with Crippen molar-refractivity contribution < 1.29 is 0 Å². The van der Waals surface area contributed by atoms with Crippen molar-refractivity contribution in [3.05, 3.63) is 42.4 Å². The van der Waals surface area contributed by atoms with Crippen molar-refractivity contribution in [2.45, 2.75) is 39.8 Å². The third kappa shape index (κ3) is 4.91. The lowest BCUT2D eigenvalue weighted by Gasteiger charge is -2.23. The van der Waals surface area contributed by atoms with E-state index < -0.39 is 0 Å². The maximum Gasteiger partial charge on any atom is 0.192 e. The molecule has 0 saturated heterocycles. The second-order valence-electron chi connectivity index (χ2n) is 6.18. The molecule has 0 amide bonds. The molecule has 2 rings (SSSR count). The number of nitrogens with one attached hydrogen (secondary N) is 3. The van der Waals surface area contributed by atoms with Gasteiger partial charge in [-0.2, -0.15) is 0 Å². The van der Waals surface area contributed by atoms with Gasteiger partial charge in [0.25, 0.3) is 0 Å². The lowest BCUT2D eigenvalue weighted by molar-refractivity contribution is 0.501. The summed E-state index contributed by atoms with van der Waals surface area (Å²) in [6.07, 6.45) is 1.85. The van der Waals surface area contributed by atoms with Gasteiger partial charge in [0.1, 0.15) is 12.4 Å². The first kappa shape index (κ1) is 16.1. The Kier molecular flexibility index (Phi) is 5.20. The smallest absolute Gasteiger partial charge is 0.192 e. The molecule has 0 aliphatic rings. The normalized spacial score (nSPS) is 12.3. The molecule has 0 radical (unpaired) electrons. The van der Waals surface area contributed by atoms with Gasteiger partial charge in [-0.05, 0) is 33.3 Å². The number of hydrogen-bond acceptors (Lipinski definition) is 2. The van der Waals surface area contributed by atoms with E-state index in [1.54, 1.807) is 0 Å². The van der Waals surface area contributed by atoms with Crippen molar-refractivity contribution >= 4 is 5.96 Å². The fraction of sp³-hybridized carbons (Fsp3) is 0.412. The fourth-order valence-corrected chi connectivity index (χ4v) is 2.02. The van der Waals surface area contributed by atoms with Crippen LogP contribution in [0.2, 0.25) is 0 Å². The van der Waals surface area contributed by atoms with Crippen LogP contribution in [-0.2, 0) is 6.54 Å². The van der Waals surface area contributed by atoms with E-state index in [0.29, 0.717) is 6.54 Å². The number of aromatic nitrogens is 2. The summed E-state index contributed by atoms with van der Waals surface area (Å²) in [5.41, 5.74) is 2.11. The lowest BCUT2D eigenvalue weighted by Crippen LogP contribution is -2.47. The van der Waals surface area contributed by atoms with Crippen molar-refractivity contribution in [1.82, 2.24) is 20.6 Å². The fourth-order valence-electron chi connectivity index (χ4n) is 2.02. The molecule has 2 aromatic rings. The van der Waals surface area contributed by atoms with Crippen LogP contribution >= 0.6 is 0 Å². The second kappa shape index (κ2) is 7.11. The van der Waals surface area contributed by atoms with E-state index in [-0.39, 0.29) is 5.54 Å². The summed E-state index contributed by atoms with van der Waals surface area (Å²) in [5.74, 6) is 1.65. The molecule has 0 unspecified atom stereocenters. The van der Waals surface area contributed by atoms with Gasteiger partial charge in [0.15, 0.2) is 5.96 Å². The highest BCUT2D eigenvalue weighted by Gasteiger charge is 2.11. The highest BCUT2D eigenvalue weighted by molar-refractivity contribution is 5.80. The molecule has 1 aromatic heterocycles. The Labute approximate surface area is 132 Å². The van der Waals surface area contributed by atoms with Crippen LogP contribution in [0.15, 0.2) is 41.5 Å². The number of aromatic amines is 1. The van der Waals surface area contributed by atoms with Crippen LogP contribution in [0.3, 0.4) is 0 Å². The number of benzene rings is 1. The van der Waals surface area contributed by atoms with Crippen LogP contribution in [0, 0.1) is 0 Å². The maximum atomic E-state index is 4.58. The highest BCUT2D eigenvalue weighted by atomic mass is 15.2. The molecule has 0 spiro atoms. The standard InChI is InChI=1S/C17H25N5/c1-5-18-16(22-17(2,3)4)20-12-15-19-11-14(21-15)13-9-7-6-8-10-13/h6-11H,5,12H2,1-4H3,(H,19,21)(H2,18,20,22). The van der Waals surface area contributed by atoms with Gasteiger partial charge in [0.05, 0.1) is 11.9 Å². The summed E-state index contributed by atoms with van der Waals surface area (Å²) in [4.78, 5) is 12.3. The van der Waals surface area contributed by atoms with E-state index in [0.717, 1.165) is 29.6 Å². The van der Waals surface area contributed by atoms with E-state index in [2.05, 4.69) is 65.4 Å². The Hall–Kier alpha value is -2.30. The molecule has 22 heavy (non-hydrogen) atoms. The minimum Gasteiger partial charge on any atom is -0.357 e. The zero-order valence-electron chi connectivity index (χ0n) is 13.8. The van der Waals surface area contributed by atoms with Crippen LogP contribution in [0.4, 0.5) is 0 Å². The first-order valence-electron chi connectivity index (χ1n) is 7.64. The average Bonchev–Trinajstić information content (AvgIpc) is 2.93. The van der Waals surface area contributed by atoms with Gasteiger partial charge in [0.2, 0.25) is 0 Å². The summed E-state index contributed by atoms with van der Waals surface area (Å²) in [7, 11) is 0. The molecule has 5 nitrogen and oxygen atoms in total. The van der Waals surface area contributed by atoms with Crippen LogP contribution in [0.1, 0.15) is 33.5 Å². The van der Waals surface area contributed by atoms with Crippen LogP contribution in [0.25, 0.3) is 11.3 Å². The maximum absolute atomic E-state index is 4.58. The number of rotatable bonds is 4. The molecule has 1 aromatic carbocycles. The summed E-state index contributed by atoms with van der Waals surface area (Å²) < 4.78 is 0. The van der Waals surface area contributed by atoms with Gasteiger partial charge in [-0.1, -0.05) is 30.3 Å². The van der Waals surface area contributed by atoms with E-state index in [1.807, 2.05) is 24.4 Å². The van der Waals surface area contributed by atoms with Crippen molar-refractivity contribution in [3.8, 4) is 11.3 Å². The summed E-state index contributed by atoms with van der Waals surface area (Å²) in [6.45, 7) is 9.73. The summed E-state index contributed by atoms with van der Waals surface area (Å²) >= 11 is 0. The van der Waals surface area contributed by atoms with Crippen molar-refractivity contribution in [3.63, 3.8) is 0 Å². The SMILES string of the molecule is CCNC(=NCc1ncc(-c2ccccc2)[nH]1)NC(C)(C)C. The predicted octanol–water partition coefficient (Wildman–Crippen LogP) is 2.93. The van der Waals surface area contributed by atoms with Crippen LogP contribution < -0.4 is 10.6 Å². The number of nitrogens with zero attached hydrogens (tertiary/aromatic N) is 2. The van der Waals surface area contributed by atoms with E-state index >= 15 is 0 Å². The quantitative estimate of drug-likeness (QED) is 0.601. The minimum absolute atomic E-state index is 0.0284. The zero-order valence-corrected chi connectivity index (χ0v) is 13.8. The molecular formula is C17H25N5. The van der Waals surface area contributed by atoms with Crippen molar-refractivity contribution in [2.75, 3.05) is 6.54 Å². The van der Waals surface area contributed by atoms with Gasteiger partial charge in [0, 0.05) is 12.1 Å². The second-order valence-corrected chi connectivity index (χ2v) is 6.18. The summed E-state index contributed by atoms with van der Waals surface area (Å²) in [5, 5.41) is 6.61. The van der Waals surface area contributed by atoms with Gasteiger partial charge < -0.3 is 15.6 Å². The molecule has 0 aliphatic carbocycles. The Bertz CT molecular complexity index is 607. The molecule has 0 saturated carbocycles. The number of hydrogen-bond donors (Lipinski definition) is 3. The van der Waals surface area contributed by atoms with Crippen molar-refractivity contribution in [2.24, 2.45) is 4.99 Å². The molecule has 5 heteroatoms. The minimum atomic E-state index is -0.0284. The number of imidazole rings is 1. The molecule has 0 aliphatic heterocycles. The first-order chi connectivity index (χ1) is 10.5. The van der Waals surface area contributed by atoms with Gasteiger partial charge in [-0.25, -0.2) is 9.98 Å². The van der Waals surface area contributed by atoms with Crippen molar-refractivity contribution in [1.29, 1.82) is 0 Å². The van der Waals surface area contributed by atoms with Gasteiger partial charge in [-0.15, -0.1) is 0 Å². The molecule has 0 bridgehead atoms. The third-order valence-electron chi connectivity index (χ3n) is 2.94. The first-order valence-corrected chi connectivity index (χ1v) is 7.64. The molecule has 0 atom stereocenters. The van der Waals surface area contributed by atoms with E-state index in [1.165, 1.54) is 0 Å². The highest BCUT2D eigenvalue weighted by Crippen LogP contribution is 2.16. The van der Waals surface area contributed by atoms with Crippen LogP contribution in [-0.4, -0.2) is 28.0 Å². The topological polar surface area (TPSA) is 65.1 Å². The molecular weight excluding hydrogens is 274 g/mol. The van der Waals surface area contributed by atoms with E-state index in [4.69, 9.17) is 0 Å². The molecule has 1 heterocycles. The third-order valence-corrected chi connectivity index (χ3v) is 2.94. The number of guanidine groups is 1. The van der Waals surface area contributed by atoms with Gasteiger partial charge >= 0.3 is 0 Å². The van der Waals surface area contributed by atoms with Gasteiger partial charge in [-0.3, -0.25) is 0 Å². The Morgan fingerprint density at radius 1 is 1.23 bits per heavy atom. The Morgan fingerprint density at radius 3 is 2.59 bits per heavy atom. The molecule has 0 fully saturated rings. The average molecular weight is 299 g/mol. The Morgan fingerprint density at radius 2 is 1.95 bits per heavy atom. The summed E-state index contributed by atoms with van der Waals surface area (Å²) in [6, 6.07) is 10.2. The largest absolute Gasteiger partial charge is 0.357 e. The zero-order chi connectivity index (χ0) is 16.0. The lowest BCUT2D eigenvalue weighted by atomic mass is 10.1. The molecule has 3 N–H and O–H groups in total. The monoisotopic (exact) mass is 299 g/mol. The Balaban J connectivity index is 2.06. The number of aliphatic imine (C=N–C) groups is 1. The van der Waals surface area contributed by atoms with Crippen LogP contribution in [0.5, 0.6) is 0 Å². The number of H-pyrrole nitrogens is 1. The van der Waals surface area contributed by atoms with E-state index in [9.17, 15) is 0 Å². The molecule has 118 valence electrons. The predicted molar refractivity (Wildman–Crippen MR) is 91.7 cm³/mol.